The molecular weight excluding hydrogens is 361 g/mol. The SMILES string of the molecule is COc1cncc([C@H](NC(=O)c2ccc(C(F)(F)F)cc2)C2CC(O)C2)c1. The van der Waals surface area contributed by atoms with Gasteiger partial charge in [0.05, 0.1) is 31.0 Å². The van der Waals surface area contributed by atoms with E-state index in [1.807, 2.05) is 0 Å². The summed E-state index contributed by atoms with van der Waals surface area (Å²) in [5, 5.41) is 12.5. The molecule has 8 heteroatoms. The second-order valence-electron chi connectivity index (χ2n) is 6.57. The van der Waals surface area contributed by atoms with E-state index in [0.29, 0.717) is 24.2 Å². The highest BCUT2D eigenvalue weighted by molar-refractivity contribution is 5.94. The Hall–Kier alpha value is -2.61. The monoisotopic (exact) mass is 380 g/mol. The summed E-state index contributed by atoms with van der Waals surface area (Å²) in [6.07, 6.45) is -0.686. The van der Waals surface area contributed by atoms with Gasteiger partial charge in [-0.25, -0.2) is 0 Å². The van der Waals surface area contributed by atoms with E-state index in [4.69, 9.17) is 4.74 Å². The van der Waals surface area contributed by atoms with Crippen LogP contribution < -0.4 is 10.1 Å². The van der Waals surface area contributed by atoms with Gasteiger partial charge < -0.3 is 15.2 Å². The van der Waals surface area contributed by atoms with Gasteiger partial charge in [-0.15, -0.1) is 0 Å². The number of carbonyl (C=O) groups excluding carboxylic acids is 1. The van der Waals surface area contributed by atoms with Crippen molar-refractivity contribution in [3.05, 3.63) is 59.4 Å². The van der Waals surface area contributed by atoms with Crippen LogP contribution in [0.25, 0.3) is 0 Å². The summed E-state index contributed by atoms with van der Waals surface area (Å²) < 4.78 is 43.2. The van der Waals surface area contributed by atoms with Crippen LogP contribution in [0.2, 0.25) is 0 Å². The number of amides is 1. The molecule has 27 heavy (non-hydrogen) atoms. The Morgan fingerprint density at radius 2 is 1.93 bits per heavy atom. The molecule has 5 nitrogen and oxygen atoms in total. The summed E-state index contributed by atoms with van der Waals surface area (Å²) in [6.45, 7) is 0. The highest BCUT2D eigenvalue weighted by Gasteiger charge is 2.36. The first kappa shape index (κ1) is 19.2. The maximum absolute atomic E-state index is 12.7. The van der Waals surface area contributed by atoms with Crippen LogP contribution in [0.15, 0.2) is 42.7 Å². The molecule has 1 saturated carbocycles. The molecular formula is C19H19F3N2O3. The van der Waals surface area contributed by atoms with Crippen LogP contribution in [0, 0.1) is 5.92 Å². The van der Waals surface area contributed by atoms with Crippen LogP contribution in [-0.2, 0) is 6.18 Å². The van der Waals surface area contributed by atoms with Gasteiger partial charge in [0.15, 0.2) is 0 Å². The molecule has 1 aromatic heterocycles. The molecule has 2 aromatic rings. The van der Waals surface area contributed by atoms with E-state index in [1.54, 1.807) is 12.3 Å². The number of carbonyl (C=O) groups is 1. The van der Waals surface area contributed by atoms with E-state index in [9.17, 15) is 23.1 Å². The molecule has 0 radical (unpaired) electrons. The van der Waals surface area contributed by atoms with Crippen LogP contribution in [0.5, 0.6) is 5.75 Å². The highest BCUT2D eigenvalue weighted by atomic mass is 19.4. The van der Waals surface area contributed by atoms with Crippen molar-refractivity contribution >= 4 is 5.91 Å². The fourth-order valence-electron chi connectivity index (χ4n) is 3.13. The maximum Gasteiger partial charge on any atom is 0.416 e. The average molecular weight is 380 g/mol. The number of benzene rings is 1. The molecule has 0 bridgehead atoms. The van der Waals surface area contributed by atoms with Gasteiger partial charge in [0.2, 0.25) is 0 Å². The van der Waals surface area contributed by atoms with Crippen LogP contribution in [0.1, 0.15) is 40.4 Å². The summed E-state index contributed by atoms with van der Waals surface area (Å²) in [5.41, 5.74) is 0.0324. The smallest absolute Gasteiger partial charge is 0.416 e. The number of alkyl halides is 3. The minimum absolute atomic E-state index is 0.00676. The fourth-order valence-corrected chi connectivity index (χ4v) is 3.13. The van der Waals surface area contributed by atoms with E-state index in [-0.39, 0.29) is 11.5 Å². The number of hydrogen-bond acceptors (Lipinski definition) is 4. The normalized spacial score (nSPS) is 20.5. The van der Waals surface area contributed by atoms with Crippen LogP contribution >= 0.6 is 0 Å². The number of aliphatic hydroxyl groups is 1. The maximum atomic E-state index is 12.7. The Kier molecular flexibility index (Phi) is 5.36. The Balaban J connectivity index is 1.80. The Morgan fingerprint density at radius 3 is 2.48 bits per heavy atom. The molecule has 1 heterocycles. The summed E-state index contributed by atoms with van der Waals surface area (Å²) in [4.78, 5) is 16.7. The van der Waals surface area contributed by atoms with Gasteiger partial charge in [-0.05, 0) is 54.7 Å². The lowest BCUT2D eigenvalue weighted by Gasteiger charge is -2.38. The van der Waals surface area contributed by atoms with Crippen molar-refractivity contribution in [3.8, 4) is 5.75 Å². The topological polar surface area (TPSA) is 71.5 Å². The molecule has 1 fully saturated rings. The van der Waals surface area contributed by atoms with Crippen molar-refractivity contribution in [2.75, 3.05) is 7.11 Å². The Bertz CT molecular complexity index is 803. The number of nitrogens with zero attached hydrogens (tertiary/aromatic N) is 1. The largest absolute Gasteiger partial charge is 0.495 e. The second-order valence-corrected chi connectivity index (χ2v) is 6.57. The van der Waals surface area contributed by atoms with Gasteiger partial charge in [0.25, 0.3) is 5.91 Å². The predicted molar refractivity (Wildman–Crippen MR) is 91.2 cm³/mol. The molecule has 1 atom stereocenters. The van der Waals surface area contributed by atoms with Gasteiger partial charge in [-0.2, -0.15) is 13.2 Å². The minimum atomic E-state index is -4.45. The number of nitrogens with one attached hydrogen (secondary N) is 1. The first-order chi connectivity index (χ1) is 12.8. The third-order valence-electron chi connectivity index (χ3n) is 4.71. The van der Waals surface area contributed by atoms with Crippen molar-refractivity contribution in [3.63, 3.8) is 0 Å². The molecule has 144 valence electrons. The van der Waals surface area contributed by atoms with Crippen molar-refractivity contribution in [2.24, 2.45) is 5.92 Å². The van der Waals surface area contributed by atoms with Gasteiger partial charge in [0.1, 0.15) is 5.75 Å². The molecule has 0 unspecified atom stereocenters. The lowest BCUT2D eigenvalue weighted by molar-refractivity contribution is -0.137. The summed E-state index contributed by atoms with van der Waals surface area (Å²) >= 11 is 0. The van der Waals surface area contributed by atoms with Crippen molar-refractivity contribution in [1.29, 1.82) is 0 Å². The molecule has 1 aromatic carbocycles. The molecule has 0 aliphatic heterocycles. The van der Waals surface area contributed by atoms with Crippen molar-refractivity contribution < 1.29 is 27.8 Å². The van der Waals surface area contributed by atoms with E-state index in [2.05, 4.69) is 10.3 Å². The Labute approximate surface area is 154 Å². The van der Waals surface area contributed by atoms with E-state index >= 15 is 0 Å². The van der Waals surface area contributed by atoms with E-state index in [0.717, 1.165) is 24.3 Å². The van der Waals surface area contributed by atoms with Crippen LogP contribution in [0.3, 0.4) is 0 Å². The molecule has 1 aliphatic carbocycles. The van der Waals surface area contributed by atoms with Crippen LogP contribution in [-0.4, -0.2) is 29.2 Å². The molecule has 0 saturated heterocycles. The zero-order valence-electron chi connectivity index (χ0n) is 14.5. The summed E-state index contributed by atoms with van der Waals surface area (Å²) in [6, 6.07) is 5.37. The average Bonchev–Trinajstić information content (AvgIpc) is 2.63. The van der Waals surface area contributed by atoms with E-state index in [1.165, 1.54) is 13.3 Å². The number of pyridine rings is 1. The van der Waals surface area contributed by atoms with Crippen LogP contribution in [0.4, 0.5) is 13.2 Å². The zero-order chi connectivity index (χ0) is 19.6. The molecule has 3 rings (SSSR count). The number of aliphatic hydroxyl groups excluding tert-OH is 1. The molecule has 2 N–H and O–H groups in total. The van der Waals surface area contributed by atoms with Gasteiger partial charge in [-0.1, -0.05) is 0 Å². The number of hydrogen-bond donors (Lipinski definition) is 2. The first-order valence-corrected chi connectivity index (χ1v) is 8.43. The number of ether oxygens (including phenoxy) is 1. The third-order valence-corrected chi connectivity index (χ3v) is 4.71. The van der Waals surface area contributed by atoms with E-state index < -0.39 is 29.8 Å². The number of aromatic nitrogens is 1. The molecule has 1 aliphatic rings. The van der Waals surface area contributed by atoms with Gasteiger partial charge in [0, 0.05) is 11.8 Å². The molecule has 1 amide bonds. The second kappa shape index (κ2) is 7.56. The lowest BCUT2D eigenvalue weighted by Crippen LogP contribution is -2.41. The Morgan fingerprint density at radius 1 is 1.26 bits per heavy atom. The fraction of sp³-hybridized carbons (Fsp3) is 0.368. The quantitative estimate of drug-likeness (QED) is 0.835. The van der Waals surface area contributed by atoms with Gasteiger partial charge in [-0.3, -0.25) is 9.78 Å². The number of methoxy groups -OCH3 is 1. The van der Waals surface area contributed by atoms with Crippen molar-refractivity contribution in [2.45, 2.75) is 31.2 Å². The van der Waals surface area contributed by atoms with Crippen molar-refractivity contribution in [1.82, 2.24) is 10.3 Å². The highest BCUT2D eigenvalue weighted by Crippen LogP contribution is 2.38. The standard InChI is InChI=1S/C19H19F3N2O3/c1-27-16-8-13(9-23-10-16)17(12-6-15(25)7-12)24-18(26)11-2-4-14(5-3-11)19(20,21)22/h2-5,8-10,12,15,17,25H,6-7H2,1H3,(H,24,26)/t12?,15?,17-/m1/s1. The van der Waals surface area contributed by atoms with Gasteiger partial charge >= 0.3 is 6.18 Å². The minimum Gasteiger partial charge on any atom is -0.495 e. The lowest BCUT2D eigenvalue weighted by atomic mass is 9.75. The molecule has 0 spiro atoms. The number of halogens is 3. The first-order valence-electron chi connectivity index (χ1n) is 8.43. The predicted octanol–water partition coefficient (Wildman–Crippen LogP) is 3.35. The summed E-state index contributed by atoms with van der Waals surface area (Å²) in [5.74, 6) is 0.0476. The number of rotatable bonds is 5. The zero-order valence-corrected chi connectivity index (χ0v) is 14.5. The third kappa shape index (κ3) is 4.39. The summed E-state index contributed by atoms with van der Waals surface area (Å²) in [7, 11) is 1.50.